The zero-order valence-corrected chi connectivity index (χ0v) is 15.0. The molecule has 0 radical (unpaired) electrons. The van der Waals surface area contributed by atoms with Gasteiger partial charge in [0.25, 0.3) is 5.91 Å². The van der Waals surface area contributed by atoms with E-state index in [4.69, 9.17) is 4.74 Å². The van der Waals surface area contributed by atoms with Crippen LogP contribution in [0.25, 0.3) is 0 Å². The molecule has 2 heterocycles. The van der Waals surface area contributed by atoms with Crippen LogP contribution in [0.15, 0.2) is 24.3 Å². The average Bonchev–Trinajstić information content (AvgIpc) is 2.96. The first kappa shape index (κ1) is 17.4. The van der Waals surface area contributed by atoms with Gasteiger partial charge in [-0.2, -0.15) is 10.1 Å². The second-order valence-corrected chi connectivity index (χ2v) is 6.51. The van der Waals surface area contributed by atoms with Gasteiger partial charge in [-0.25, -0.2) is 4.68 Å². The fourth-order valence-electron chi connectivity index (χ4n) is 2.92. The van der Waals surface area contributed by atoms with Crippen LogP contribution in [0.2, 0.25) is 0 Å². The molecule has 1 aliphatic rings. The van der Waals surface area contributed by atoms with Crippen molar-refractivity contribution >= 4 is 11.9 Å². The number of nitrogens with zero attached hydrogens (tertiary/aromatic N) is 3. The summed E-state index contributed by atoms with van der Waals surface area (Å²) in [6.07, 6.45) is 1.41. The third kappa shape index (κ3) is 4.36. The quantitative estimate of drug-likeness (QED) is 0.868. The lowest BCUT2D eigenvalue weighted by atomic mass is 9.98. The van der Waals surface area contributed by atoms with Gasteiger partial charge in [0.2, 0.25) is 5.95 Å². The molecule has 1 fully saturated rings. The summed E-state index contributed by atoms with van der Waals surface area (Å²) in [5, 5.41) is 10.6. The van der Waals surface area contributed by atoms with Gasteiger partial charge >= 0.3 is 0 Å². The zero-order chi connectivity index (χ0) is 17.8. The number of anilines is 1. The number of rotatable bonds is 5. The van der Waals surface area contributed by atoms with E-state index in [2.05, 4.69) is 20.7 Å². The molecule has 1 amide bonds. The number of aryl methyl sites for hydroxylation is 2. The highest BCUT2D eigenvalue weighted by Crippen LogP contribution is 2.23. The Morgan fingerprint density at radius 2 is 2.16 bits per heavy atom. The van der Waals surface area contributed by atoms with Gasteiger partial charge in [-0.15, -0.1) is 0 Å². The highest BCUT2D eigenvalue weighted by atomic mass is 16.5. The molecule has 0 saturated carbocycles. The predicted molar refractivity (Wildman–Crippen MR) is 95.7 cm³/mol. The molecule has 0 spiro atoms. The van der Waals surface area contributed by atoms with Crippen molar-refractivity contribution in [2.75, 3.05) is 18.4 Å². The smallest absolute Gasteiger partial charge is 0.267 e. The van der Waals surface area contributed by atoms with Crippen molar-refractivity contribution in [3.8, 4) is 5.75 Å². The van der Waals surface area contributed by atoms with Crippen LogP contribution >= 0.6 is 0 Å². The first-order chi connectivity index (χ1) is 12.0. The number of benzene rings is 1. The van der Waals surface area contributed by atoms with Crippen LogP contribution in [-0.2, 0) is 11.8 Å². The molecule has 0 bridgehead atoms. The Hall–Kier alpha value is -2.41. The first-order valence-corrected chi connectivity index (χ1v) is 8.69. The molecule has 7 heteroatoms. The Bertz CT molecular complexity index is 737. The van der Waals surface area contributed by atoms with Crippen LogP contribution in [0.5, 0.6) is 5.75 Å². The molecule has 2 N–H and O–H groups in total. The van der Waals surface area contributed by atoms with Crippen LogP contribution in [-0.4, -0.2) is 39.9 Å². The van der Waals surface area contributed by atoms with Crippen molar-refractivity contribution in [1.29, 1.82) is 0 Å². The standard InChI is InChI=1S/C18H25N5O2/c1-12-5-4-6-15(11-12)25-13(2)17(24)21-18-20-16(22-23(18)3)14-7-9-19-10-8-14/h4-6,11,13-14,19H,7-10H2,1-3H3,(H,20,21,22,24). The maximum Gasteiger partial charge on any atom is 0.267 e. The van der Waals surface area contributed by atoms with Crippen molar-refractivity contribution in [3.63, 3.8) is 0 Å². The minimum atomic E-state index is -0.624. The largest absolute Gasteiger partial charge is 0.481 e. The predicted octanol–water partition coefficient (Wildman–Crippen LogP) is 2.00. The molecule has 1 unspecified atom stereocenters. The Kier molecular flexibility index (Phi) is 5.33. The van der Waals surface area contributed by atoms with Crippen molar-refractivity contribution in [2.45, 2.75) is 38.7 Å². The fraction of sp³-hybridized carbons (Fsp3) is 0.500. The van der Waals surface area contributed by atoms with Crippen LogP contribution in [0.4, 0.5) is 5.95 Å². The number of amides is 1. The molecule has 0 aliphatic carbocycles. The van der Waals surface area contributed by atoms with E-state index in [0.29, 0.717) is 17.6 Å². The number of carbonyl (C=O) groups is 1. The lowest BCUT2D eigenvalue weighted by molar-refractivity contribution is -0.122. The van der Waals surface area contributed by atoms with Gasteiger partial charge in [-0.05, 0) is 57.5 Å². The van der Waals surface area contributed by atoms with E-state index in [1.807, 2.05) is 31.2 Å². The summed E-state index contributed by atoms with van der Waals surface area (Å²) in [7, 11) is 1.79. The van der Waals surface area contributed by atoms with Gasteiger partial charge in [0.15, 0.2) is 11.9 Å². The van der Waals surface area contributed by atoms with E-state index in [1.54, 1.807) is 18.7 Å². The van der Waals surface area contributed by atoms with E-state index in [9.17, 15) is 4.79 Å². The first-order valence-electron chi connectivity index (χ1n) is 8.69. The number of hydrogen-bond donors (Lipinski definition) is 2. The molecular formula is C18H25N5O2. The van der Waals surface area contributed by atoms with Crippen molar-refractivity contribution < 1.29 is 9.53 Å². The summed E-state index contributed by atoms with van der Waals surface area (Å²) >= 11 is 0. The summed E-state index contributed by atoms with van der Waals surface area (Å²) in [6, 6.07) is 7.64. The summed E-state index contributed by atoms with van der Waals surface area (Å²) < 4.78 is 7.33. The molecule has 134 valence electrons. The minimum absolute atomic E-state index is 0.242. The highest BCUT2D eigenvalue weighted by Gasteiger charge is 2.23. The monoisotopic (exact) mass is 343 g/mol. The lowest BCUT2D eigenvalue weighted by Crippen LogP contribution is -2.31. The number of ether oxygens (including phenoxy) is 1. The molecule has 1 atom stereocenters. The molecule has 25 heavy (non-hydrogen) atoms. The Labute approximate surface area is 147 Å². The second-order valence-electron chi connectivity index (χ2n) is 6.51. The number of carbonyl (C=O) groups excluding carboxylic acids is 1. The third-order valence-electron chi connectivity index (χ3n) is 4.39. The molecule has 3 rings (SSSR count). The van der Waals surface area contributed by atoms with Crippen LogP contribution in [0.1, 0.15) is 37.1 Å². The van der Waals surface area contributed by atoms with Gasteiger partial charge < -0.3 is 10.1 Å². The van der Waals surface area contributed by atoms with Crippen molar-refractivity contribution in [2.24, 2.45) is 7.05 Å². The molecule has 1 aliphatic heterocycles. The van der Waals surface area contributed by atoms with Gasteiger partial charge in [0, 0.05) is 13.0 Å². The SMILES string of the molecule is Cc1cccc(OC(C)C(=O)Nc2nc(C3CCNCC3)nn2C)c1. The summed E-state index contributed by atoms with van der Waals surface area (Å²) in [5.74, 6) is 2.04. The van der Waals surface area contributed by atoms with E-state index in [0.717, 1.165) is 37.3 Å². The summed E-state index contributed by atoms with van der Waals surface area (Å²) in [5.41, 5.74) is 1.09. The van der Waals surface area contributed by atoms with Crippen molar-refractivity contribution in [1.82, 2.24) is 20.1 Å². The van der Waals surface area contributed by atoms with Gasteiger partial charge in [-0.1, -0.05) is 12.1 Å². The number of piperidine rings is 1. The van der Waals surface area contributed by atoms with Gasteiger partial charge in [0.1, 0.15) is 5.75 Å². The fourth-order valence-corrected chi connectivity index (χ4v) is 2.92. The zero-order valence-electron chi connectivity index (χ0n) is 15.0. The topological polar surface area (TPSA) is 81.1 Å². The van der Waals surface area contributed by atoms with E-state index in [1.165, 1.54) is 0 Å². The number of hydrogen-bond acceptors (Lipinski definition) is 5. The third-order valence-corrected chi connectivity index (χ3v) is 4.39. The number of nitrogens with one attached hydrogen (secondary N) is 2. The molecule has 7 nitrogen and oxygen atoms in total. The highest BCUT2D eigenvalue weighted by molar-refractivity contribution is 5.92. The Balaban J connectivity index is 1.63. The van der Waals surface area contributed by atoms with E-state index < -0.39 is 6.10 Å². The van der Waals surface area contributed by atoms with Crippen LogP contribution in [0.3, 0.4) is 0 Å². The minimum Gasteiger partial charge on any atom is -0.481 e. The molecule has 2 aromatic rings. The van der Waals surface area contributed by atoms with Crippen LogP contribution < -0.4 is 15.4 Å². The summed E-state index contributed by atoms with van der Waals surface area (Å²) in [4.78, 5) is 16.9. The lowest BCUT2D eigenvalue weighted by Gasteiger charge is -2.19. The average molecular weight is 343 g/mol. The van der Waals surface area contributed by atoms with Crippen molar-refractivity contribution in [3.05, 3.63) is 35.7 Å². The van der Waals surface area contributed by atoms with Gasteiger partial charge in [0.05, 0.1) is 0 Å². The number of aromatic nitrogens is 3. The second kappa shape index (κ2) is 7.65. The van der Waals surface area contributed by atoms with Crippen LogP contribution in [0, 0.1) is 6.92 Å². The van der Waals surface area contributed by atoms with Gasteiger partial charge in [-0.3, -0.25) is 10.1 Å². The Morgan fingerprint density at radius 3 is 2.88 bits per heavy atom. The van der Waals surface area contributed by atoms with E-state index >= 15 is 0 Å². The molecule has 1 aromatic heterocycles. The summed E-state index contributed by atoms with van der Waals surface area (Å²) in [6.45, 7) is 5.67. The maximum atomic E-state index is 12.4. The Morgan fingerprint density at radius 1 is 1.40 bits per heavy atom. The normalized spacial score (nSPS) is 16.4. The van der Waals surface area contributed by atoms with E-state index in [-0.39, 0.29) is 5.91 Å². The molecule has 1 saturated heterocycles. The molecule has 1 aromatic carbocycles. The molecular weight excluding hydrogens is 318 g/mol. The maximum absolute atomic E-state index is 12.4.